The van der Waals surface area contributed by atoms with Gasteiger partial charge in [-0.3, -0.25) is 9.18 Å². The standard InChI is InChI=1S/C12H13FO/c13-9-12(6-1-7-12)11-4-2-10(8-14)3-5-11/h2-5,8H,1,6-7,9H2. The van der Waals surface area contributed by atoms with Crippen LogP contribution in [-0.2, 0) is 5.41 Å². The highest BCUT2D eigenvalue weighted by Crippen LogP contribution is 2.43. The van der Waals surface area contributed by atoms with E-state index in [1.807, 2.05) is 12.1 Å². The molecule has 1 aliphatic carbocycles. The maximum atomic E-state index is 12.9. The van der Waals surface area contributed by atoms with Crippen LogP contribution in [0.15, 0.2) is 24.3 Å². The molecule has 0 bridgehead atoms. The van der Waals surface area contributed by atoms with E-state index in [-0.39, 0.29) is 12.1 Å². The quantitative estimate of drug-likeness (QED) is 0.673. The van der Waals surface area contributed by atoms with Crippen molar-refractivity contribution in [2.45, 2.75) is 24.7 Å². The van der Waals surface area contributed by atoms with Gasteiger partial charge in [0.2, 0.25) is 0 Å². The molecule has 0 aliphatic heterocycles. The fraction of sp³-hybridized carbons (Fsp3) is 0.417. The molecule has 0 N–H and O–H groups in total. The first-order chi connectivity index (χ1) is 6.80. The van der Waals surface area contributed by atoms with E-state index in [0.717, 1.165) is 31.1 Å². The molecule has 14 heavy (non-hydrogen) atoms. The van der Waals surface area contributed by atoms with Gasteiger partial charge in [0.05, 0.1) is 6.67 Å². The molecule has 1 aliphatic rings. The van der Waals surface area contributed by atoms with E-state index in [4.69, 9.17) is 0 Å². The van der Waals surface area contributed by atoms with E-state index in [0.29, 0.717) is 5.56 Å². The van der Waals surface area contributed by atoms with Gasteiger partial charge in [0.1, 0.15) is 6.29 Å². The predicted molar refractivity (Wildman–Crippen MR) is 53.3 cm³/mol. The van der Waals surface area contributed by atoms with Crippen LogP contribution in [0.3, 0.4) is 0 Å². The number of hydrogen-bond acceptors (Lipinski definition) is 1. The Labute approximate surface area is 82.9 Å². The van der Waals surface area contributed by atoms with E-state index < -0.39 is 0 Å². The Hall–Kier alpha value is -1.18. The monoisotopic (exact) mass is 192 g/mol. The van der Waals surface area contributed by atoms with Gasteiger partial charge in [0.25, 0.3) is 0 Å². The number of aldehydes is 1. The highest BCUT2D eigenvalue weighted by molar-refractivity contribution is 5.74. The Morgan fingerprint density at radius 1 is 1.29 bits per heavy atom. The van der Waals surface area contributed by atoms with Gasteiger partial charge in [-0.05, 0) is 18.4 Å². The second-order valence-electron chi connectivity index (χ2n) is 4.01. The molecular formula is C12H13FO. The third-order valence-corrected chi connectivity index (χ3v) is 3.23. The molecule has 0 amide bonds. The largest absolute Gasteiger partial charge is 0.298 e. The van der Waals surface area contributed by atoms with Crippen molar-refractivity contribution in [2.75, 3.05) is 6.67 Å². The van der Waals surface area contributed by atoms with Crippen LogP contribution < -0.4 is 0 Å². The SMILES string of the molecule is O=Cc1ccc(C2(CF)CCC2)cc1. The van der Waals surface area contributed by atoms with Crippen LogP contribution in [0.25, 0.3) is 0 Å². The van der Waals surface area contributed by atoms with Crippen LogP contribution in [0.5, 0.6) is 0 Å². The van der Waals surface area contributed by atoms with Crippen molar-refractivity contribution >= 4 is 6.29 Å². The first-order valence-electron chi connectivity index (χ1n) is 4.92. The van der Waals surface area contributed by atoms with Crippen LogP contribution in [-0.4, -0.2) is 13.0 Å². The lowest BCUT2D eigenvalue weighted by molar-refractivity contribution is 0.112. The third-order valence-electron chi connectivity index (χ3n) is 3.23. The molecule has 0 unspecified atom stereocenters. The first kappa shape index (κ1) is 9.38. The highest BCUT2D eigenvalue weighted by Gasteiger charge is 2.38. The summed E-state index contributed by atoms with van der Waals surface area (Å²) in [5.74, 6) is 0. The summed E-state index contributed by atoms with van der Waals surface area (Å²) in [5.41, 5.74) is 1.46. The molecule has 0 aromatic heterocycles. The average Bonchev–Trinajstić information content (AvgIpc) is 2.18. The Morgan fingerprint density at radius 3 is 2.29 bits per heavy atom. The lowest BCUT2D eigenvalue weighted by atomic mass is 9.65. The maximum Gasteiger partial charge on any atom is 0.150 e. The molecule has 1 nitrogen and oxygen atoms in total. The molecule has 1 aromatic carbocycles. The molecule has 0 radical (unpaired) electrons. The van der Waals surface area contributed by atoms with E-state index in [2.05, 4.69) is 0 Å². The number of rotatable bonds is 3. The summed E-state index contributed by atoms with van der Waals surface area (Å²) in [5, 5.41) is 0. The van der Waals surface area contributed by atoms with Crippen LogP contribution >= 0.6 is 0 Å². The molecule has 2 rings (SSSR count). The summed E-state index contributed by atoms with van der Waals surface area (Å²) in [4.78, 5) is 10.4. The van der Waals surface area contributed by atoms with Crippen molar-refractivity contribution < 1.29 is 9.18 Å². The van der Waals surface area contributed by atoms with Crippen molar-refractivity contribution in [1.29, 1.82) is 0 Å². The Bertz CT molecular complexity index is 319. The van der Waals surface area contributed by atoms with E-state index in [1.165, 1.54) is 0 Å². The average molecular weight is 192 g/mol. The van der Waals surface area contributed by atoms with Crippen LogP contribution in [0, 0.1) is 0 Å². The predicted octanol–water partition coefficient (Wildman–Crippen LogP) is 2.89. The van der Waals surface area contributed by atoms with Gasteiger partial charge in [-0.25, -0.2) is 0 Å². The topological polar surface area (TPSA) is 17.1 Å². The Kier molecular flexibility index (Phi) is 2.36. The number of halogens is 1. The molecule has 0 saturated heterocycles. The summed E-state index contributed by atoms with van der Waals surface area (Å²) >= 11 is 0. The maximum absolute atomic E-state index is 12.9. The minimum absolute atomic E-state index is 0.235. The molecule has 74 valence electrons. The molecule has 0 atom stereocenters. The zero-order valence-corrected chi connectivity index (χ0v) is 8.00. The lowest BCUT2D eigenvalue weighted by Crippen LogP contribution is -2.36. The minimum atomic E-state index is -0.284. The molecule has 0 spiro atoms. The second kappa shape index (κ2) is 3.52. The van der Waals surface area contributed by atoms with Gasteiger partial charge >= 0.3 is 0 Å². The fourth-order valence-corrected chi connectivity index (χ4v) is 2.02. The van der Waals surface area contributed by atoms with Crippen molar-refractivity contribution in [1.82, 2.24) is 0 Å². The van der Waals surface area contributed by atoms with Crippen molar-refractivity contribution in [3.63, 3.8) is 0 Å². The summed E-state index contributed by atoms with van der Waals surface area (Å²) in [6, 6.07) is 7.28. The second-order valence-corrected chi connectivity index (χ2v) is 4.01. The van der Waals surface area contributed by atoms with E-state index in [9.17, 15) is 9.18 Å². The zero-order valence-electron chi connectivity index (χ0n) is 8.00. The summed E-state index contributed by atoms with van der Waals surface area (Å²) in [6.45, 7) is -0.284. The van der Waals surface area contributed by atoms with Gasteiger partial charge in [-0.2, -0.15) is 0 Å². The number of alkyl halides is 1. The van der Waals surface area contributed by atoms with Gasteiger partial charge in [-0.1, -0.05) is 30.7 Å². The summed E-state index contributed by atoms with van der Waals surface area (Å²) in [7, 11) is 0. The molecule has 1 fully saturated rings. The van der Waals surface area contributed by atoms with Gasteiger partial charge in [0, 0.05) is 11.0 Å². The van der Waals surface area contributed by atoms with E-state index in [1.54, 1.807) is 12.1 Å². The Morgan fingerprint density at radius 2 is 1.93 bits per heavy atom. The van der Waals surface area contributed by atoms with Crippen molar-refractivity contribution in [3.05, 3.63) is 35.4 Å². The van der Waals surface area contributed by atoms with Gasteiger partial charge in [0.15, 0.2) is 0 Å². The Balaban J connectivity index is 2.27. The van der Waals surface area contributed by atoms with Gasteiger partial charge in [-0.15, -0.1) is 0 Å². The molecular weight excluding hydrogens is 179 g/mol. The molecule has 0 heterocycles. The summed E-state index contributed by atoms with van der Waals surface area (Å²) < 4.78 is 12.9. The number of carbonyl (C=O) groups is 1. The van der Waals surface area contributed by atoms with Gasteiger partial charge < -0.3 is 0 Å². The zero-order chi connectivity index (χ0) is 10.0. The fourth-order valence-electron chi connectivity index (χ4n) is 2.02. The third kappa shape index (κ3) is 1.35. The first-order valence-corrected chi connectivity index (χ1v) is 4.92. The molecule has 1 aromatic rings. The molecule has 1 saturated carbocycles. The van der Waals surface area contributed by atoms with Crippen molar-refractivity contribution in [2.24, 2.45) is 0 Å². The number of carbonyl (C=O) groups excluding carboxylic acids is 1. The lowest BCUT2D eigenvalue weighted by Gasteiger charge is -2.40. The van der Waals surface area contributed by atoms with E-state index >= 15 is 0 Å². The number of hydrogen-bond donors (Lipinski definition) is 0. The summed E-state index contributed by atoms with van der Waals surface area (Å²) in [6.07, 6.45) is 3.79. The molecule has 2 heteroatoms. The smallest absolute Gasteiger partial charge is 0.150 e. The normalized spacial score (nSPS) is 18.6. The number of benzene rings is 1. The minimum Gasteiger partial charge on any atom is -0.298 e. The van der Waals surface area contributed by atoms with Crippen LogP contribution in [0.4, 0.5) is 4.39 Å². The highest BCUT2D eigenvalue weighted by atomic mass is 19.1. The van der Waals surface area contributed by atoms with Crippen LogP contribution in [0.2, 0.25) is 0 Å². The van der Waals surface area contributed by atoms with Crippen LogP contribution in [0.1, 0.15) is 35.2 Å². The van der Waals surface area contributed by atoms with Crippen molar-refractivity contribution in [3.8, 4) is 0 Å².